The number of hydrogen-bond donors (Lipinski definition) is 2. The maximum Gasteiger partial charge on any atom is 0.326 e. The maximum atomic E-state index is 11.6. The highest BCUT2D eigenvalue weighted by molar-refractivity contribution is 5.94. The minimum Gasteiger partial charge on any atom is -0.480 e. The van der Waals surface area contributed by atoms with Crippen molar-refractivity contribution in [2.24, 2.45) is 0 Å². The van der Waals surface area contributed by atoms with Crippen molar-refractivity contribution in [1.29, 1.82) is 0 Å². The topological polar surface area (TPSA) is 66.4 Å². The van der Waals surface area contributed by atoms with E-state index >= 15 is 0 Å². The minimum absolute atomic E-state index is 0.382. The Morgan fingerprint density at radius 1 is 1.32 bits per heavy atom. The van der Waals surface area contributed by atoms with E-state index in [9.17, 15) is 9.59 Å². The SMILES string of the molecule is CCCCC(NC(=O)/C=C/c1ccccc1)C(=O)O. The third-order valence-electron chi connectivity index (χ3n) is 2.69. The molecule has 0 aliphatic rings. The van der Waals surface area contributed by atoms with Crippen LogP contribution >= 0.6 is 0 Å². The summed E-state index contributed by atoms with van der Waals surface area (Å²) < 4.78 is 0. The molecule has 19 heavy (non-hydrogen) atoms. The van der Waals surface area contributed by atoms with Crippen molar-refractivity contribution in [3.05, 3.63) is 42.0 Å². The molecule has 1 amide bonds. The van der Waals surface area contributed by atoms with Crippen LogP contribution in [0.1, 0.15) is 31.7 Å². The van der Waals surface area contributed by atoms with Crippen molar-refractivity contribution < 1.29 is 14.7 Å². The van der Waals surface area contributed by atoms with Crippen molar-refractivity contribution >= 4 is 18.0 Å². The fraction of sp³-hybridized carbons (Fsp3) is 0.333. The molecule has 0 aromatic heterocycles. The molecular weight excluding hydrogens is 242 g/mol. The van der Waals surface area contributed by atoms with Gasteiger partial charge in [0, 0.05) is 6.08 Å². The van der Waals surface area contributed by atoms with Crippen molar-refractivity contribution in [3.63, 3.8) is 0 Å². The molecule has 4 nitrogen and oxygen atoms in total. The number of rotatable bonds is 7. The number of carbonyl (C=O) groups excluding carboxylic acids is 1. The van der Waals surface area contributed by atoms with Crippen LogP contribution in [0.3, 0.4) is 0 Å². The van der Waals surface area contributed by atoms with E-state index in [-0.39, 0.29) is 5.91 Å². The molecule has 4 heteroatoms. The van der Waals surface area contributed by atoms with Gasteiger partial charge in [0.25, 0.3) is 0 Å². The number of hydrogen-bond acceptors (Lipinski definition) is 2. The number of aliphatic carboxylic acids is 1. The molecule has 0 heterocycles. The second kappa shape index (κ2) is 8.08. The Kier molecular flexibility index (Phi) is 6.36. The lowest BCUT2D eigenvalue weighted by atomic mass is 10.1. The molecule has 102 valence electrons. The van der Waals surface area contributed by atoms with Gasteiger partial charge < -0.3 is 10.4 Å². The van der Waals surface area contributed by atoms with E-state index < -0.39 is 12.0 Å². The summed E-state index contributed by atoms with van der Waals surface area (Å²) in [5.74, 6) is -1.37. The molecular formula is C15H19NO3. The predicted molar refractivity (Wildman–Crippen MR) is 74.6 cm³/mol. The van der Waals surface area contributed by atoms with E-state index in [0.29, 0.717) is 6.42 Å². The normalized spacial score (nSPS) is 12.3. The van der Waals surface area contributed by atoms with E-state index in [1.807, 2.05) is 37.3 Å². The van der Waals surface area contributed by atoms with Gasteiger partial charge in [-0.2, -0.15) is 0 Å². The number of carbonyl (C=O) groups is 2. The van der Waals surface area contributed by atoms with Gasteiger partial charge in [0.05, 0.1) is 0 Å². The van der Waals surface area contributed by atoms with Crippen LogP contribution in [0.5, 0.6) is 0 Å². The van der Waals surface area contributed by atoms with Gasteiger partial charge in [-0.15, -0.1) is 0 Å². The van der Waals surface area contributed by atoms with Gasteiger partial charge in [-0.1, -0.05) is 50.1 Å². The van der Waals surface area contributed by atoms with Crippen LogP contribution in [0, 0.1) is 0 Å². The standard InChI is InChI=1S/C15H19NO3/c1-2-3-9-13(15(18)19)16-14(17)11-10-12-7-5-4-6-8-12/h4-8,10-11,13H,2-3,9H2,1H3,(H,16,17)(H,18,19)/b11-10+. The zero-order valence-corrected chi connectivity index (χ0v) is 11.0. The third-order valence-corrected chi connectivity index (χ3v) is 2.69. The molecule has 0 saturated heterocycles. The zero-order valence-electron chi connectivity index (χ0n) is 11.0. The highest BCUT2D eigenvalue weighted by Crippen LogP contribution is 2.03. The van der Waals surface area contributed by atoms with Crippen LogP contribution in [0.25, 0.3) is 6.08 Å². The lowest BCUT2D eigenvalue weighted by molar-refractivity contribution is -0.141. The zero-order chi connectivity index (χ0) is 14.1. The van der Waals surface area contributed by atoms with Gasteiger partial charge in [0.1, 0.15) is 6.04 Å². The number of carboxylic acids is 1. The van der Waals surface area contributed by atoms with E-state index in [0.717, 1.165) is 18.4 Å². The van der Waals surface area contributed by atoms with E-state index in [1.165, 1.54) is 6.08 Å². The number of unbranched alkanes of at least 4 members (excludes halogenated alkanes) is 1. The molecule has 1 aromatic carbocycles. The van der Waals surface area contributed by atoms with Crippen LogP contribution in [0.2, 0.25) is 0 Å². The van der Waals surface area contributed by atoms with Gasteiger partial charge in [-0.25, -0.2) is 4.79 Å². The summed E-state index contributed by atoms with van der Waals surface area (Å²) in [5.41, 5.74) is 0.901. The van der Waals surface area contributed by atoms with Gasteiger partial charge in [-0.3, -0.25) is 4.79 Å². The lowest BCUT2D eigenvalue weighted by Gasteiger charge is -2.12. The summed E-state index contributed by atoms with van der Waals surface area (Å²) in [6.07, 6.45) is 5.15. The van der Waals surface area contributed by atoms with E-state index in [2.05, 4.69) is 5.32 Å². The molecule has 1 rings (SSSR count). The van der Waals surface area contributed by atoms with Crippen molar-refractivity contribution in [2.75, 3.05) is 0 Å². The van der Waals surface area contributed by atoms with E-state index in [1.54, 1.807) is 6.08 Å². The van der Waals surface area contributed by atoms with Crippen molar-refractivity contribution in [1.82, 2.24) is 5.32 Å². The monoisotopic (exact) mass is 261 g/mol. The quantitative estimate of drug-likeness (QED) is 0.741. The van der Waals surface area contributed by atoms with Gasteiger partial charge >= 0.3 is 5.97 Å². The molecule has 1 atom stereocenters. The summed E-state index contributed by atoms with van der Waals surface area (Å²) in [6, 6.07) is 8.57. The van der Waals surface area contributed by atoms with Gasteiger partial charge in [-0.05, 0) is 18.1 Å². The number of amides is 1. The Balaban J connectivity index is 2.53. The average Bonchev–Trinajstić information content (AvgIpc) is 2.42. The summed E-state index contributed by atoms with van der Waals surface area (Å²) >= 11 is 0. The molecule has 2 N–H and O–H groups in total. The summed E-state index contributed by atoms with van der Waals surface area (Å²) in [5, 5.41) is 11.5. The van der Waals surface area contributed by atoms with Gasteiger partial charge in [0.2, 0.25) is 5.91 Å². The largest absolute Gasteiger partial charge is 0.480 e. The lowest BCUT2D eigenvalue weighted by Crippen LogP contribution is -2.39. The number of nitrogens with one attached hydrogen (secondary N) is 1. The highest BCUT2D eigenvalue weighted by atomic mass is 16.4. The summed E-state index contributed by atoms with van der Waals surface area (Å²) in [4.78, 5) is 22.6. The molecule has 0 fully saturated rings. The van der Waals surface area contributed by atoms with Crippen LogP contribution in [-0.2, 0) is 9.59 Å². The molecule has 1 unspecified atom stereocenters. The first-order valence-electron chi connectivity index (χ1n) is 6.40. The Hall–Kier alpha value is -2.10. The van der Waals surface area contributed by atoms with Gasteiger partial charge in [0.15, 0.2) is 0 Å². The van der Waals surface area contributed by atoms with Crippen LogP contribution < -0.4 is 5.32 Å². The number of carboxylic acid groups (broad SMARTS) is 1. The minimum atomic E-state index is -0.991. The average molecular weight is 261 g/mol. The maximum absolute atomic E-state index is 11.6. The van der Waals surface area contributed by atoms with Crippen LogP contribution in [-0.4, -0.2) is 23.0 Å². The first-order valence-corrected chi connectivity index (χ1v) is 6.40. The first kappa shape index (κ1) is 15.0. The highest BCUT2D eigenvalue weighted by Gasteiger charge is 2.17. The number of benzene rings is 1. The molecule has 0 saturated carbocycles. The second-order valence-corrected chi connectivity index (χ2v) is 4.29. The smallest absolute Gasteiger partial charge is 0.326 e. The van der Waals surface area contributed by atoms with Crippen molar-refractivity contribution in [3.8, 4) is 0 Å². The Morgan fingerprint density at radius 3 is 2.58 bits per heavy atom. The summed E-state index contributed by atoms with van der Waals surface area (Å²) in [6.45, 7) is 1.98. The molecule has 0 bridgehead atoms. The third kappa shape index (κ3) is 5.86. The molecule has 0 radical (unpaired) electrons. The second-order valence-electron chi connectivity index (χ2n) is 4.29. The van der Waals surface area contributed by atoms with Crippen LogP contribution in [0.4, 0.5) is 0 Å². The Bertz CT molecular complexity index is 440. The fourth-order valence-electron chi connectivity index (χ4n) is 1.62. The molecule has 0 aliphatic carbocycles. The van der Waals surface area contributed by atoms with Crippen LogP contribution in [0.15, 0.2) is 36.4 Å². The molecule has 0 spiro atoms. The fourth-order valence-corrected chi connectivity index (χ4v) is 1.62. The first-order chi connectivity index (χ1) is 9.13. The predicted octanol–water partition coefficient (Wildman–Crippen LogP) is 2.46. The molecule has 0 aliphatic heterocycles. The van der Waals surface area contributed by atoms with Crippen molar-refractivity contribution in [2.45, 2.75) is 32.2 Å². The molecule has 1 aromatic rings. The van der Waals surface area contributed by atoms with E-state index in [4.69, 9.17) is 5.11 Å². The summed E-state index contributed by atoms with van der Waals surface area (Å²) in [7, 11) is 0. The Labute approximate surface area is 113 Å². The Morgan fingerprint density at radius 2 is 2.00 bits per heavy atom.